The van der Waals surface area contributed by atoms with Crippen LogP contribution in [0.1, 0.15) is 93.4 Å². The maximum absolute atomic E-state index is 13.6. The van der Waals surface area contributed by atoms with E-state index in [1.807, 2.05) is 6.08 Å². The molecule has 9 heteroatoms. The lowest BCUT2D eigenvalue weighted by Gasteiger charge is -2.66. The fourth-order valence-electron chi connectivity index (χ4n) is 11.0. The van der Waals surface area contributed by atoms with Gasteiger partial charge in [0.25, 0.3) is 0 Å². The van der Waals surface area contributed by atoms with E-state index in [-0.39, 0.29) is 28.8 Å². The van der Waals surface area contributed by atoms with Gasteiger partial charge in [0.1, 0.15) is 30.7 Å². The number of hydrogen-bond donors (Lipinski definition) is 5. The molecule has 1 saturated heterocycles. The van der Waals surface area contributed by atoms with Gasteiger partial charge in [-0.15, -0.1) is 0 Å². The number of hydrogen-bond acceptors (Lipinski definition) is 9. The van der Waals surface area contributed by atoms with Crippen molar-refractivity contribution < 1.29 is 44.5 Å². The third-order valence-corrected chi connectivity index (χ3v) is 13.8. The van der Waals surface area contributed by atoms with E-state index >= 15 is 0 Å². The number of rotatable bonds is 9. The molecule has 4 fully saturated rings. The van der Waals surface area contributed by atoms with Gasteiger partial charge in [0.15, 0.2) is 6.29 Å². The molecule has 4 aliphatic carbocycles. The van der Waals surface area contributed by atoms with E-state index in [2.05, 4.69) is 46.8 Å². The molecular formula is C37H60O9. The van der Waals surface area contributed by atoms with Gasteiger partial charge in [-0.05, 0) is 87.4 Å². The van der Waals surface area contributed by atoms with Crippen molar-refractivity contribution in [3.8, 4) is 0 Å². The number of ether oxygens (including phenoxy) is 3. The summed E-state index contributed by atoms with van der Waals surface area (Å²) in [7, 11) is 1.75. The minimum Gasteiger partial charge on any atom is -0.394 e. The van der Waals surface area contributed by atoms with E-state index in [9.17, 15) is 30.3 Å². The molecule has 5 N–H and O–H groups in total. The summed E-state index contributed by atoms with van der Waals surface area (Å²) in [4.78, 5) is 13.6. The maximum atomic E-state index is 13.6. The van der Waals surface area contributed by atoms with Crippen LogP contribution in [0.5, 0.6) is 0 Å². The van der Waals surface area contributed by atoms with Gasteiger partial charge in [-0.2, -0.15) is 0 Å². The van der Waals surface area contributed by atoms with Crippen LogP contribution in [0.3, 0.4) is 0 Å². The lowest BCUT2D eigenvalue weighted by Crippen LogP contribution is -2.65. The Morgan fingerprint density at radius 3 is 2.33 bits per heavy atom. The summed E-state index contributed by atoms with van der Waals surface area (Å²) < 4.78 is 18.4. The highest BCUT2D eigenvalue weighted by Gasteiger charge is 2.71. The highest BCUT2D eigenvalue weighted by atomic mass is 16.7. The predicted octanol–water partition coefficient (Wildman–Crippen LogP) is 3.93. The molecule has 46 heavy (non-hydrogen) atoms. The van der Waals surface area contributed by atoms with Gasteiger partial charge in [0.2, 0.25) is 0 Å². The summed E-state index contributed by atoms with van der Waals surface area (Å²) in [6.07, 6.45) is 6.41. The Morgan fingerprint density at radius 2 is 1.72 bits per heavy atom. The minimum atomic E-state index is -1.51. The fraction of sp³-hybridized carbons (Fsp3) is 0.865. The lowest BCUT2D eigenvalue weighted by atomic mass is 9.38. The molecule has 0 aromatic carbocycles. The van der Waals surface area contributed by atoms with Crippen molar-refractivity contribution in [3.05, 3.63) is 23.8 Å². The molecule has 0 spiro atoms. The molecule has 5 aliphatic rings. The second-order valence-corrected chi connectivity index (χ2v) is 17.0. The van der Waals surface area contributed by atoms with Crippen molar-refractivity contribution in [2.75, 3.05) is 13.7 Å². The van der Waals surface area contributed by atoms with E-state index < -0.39 is 59.8 Å². The third-order valence-electron chi connectivity index (χ3n) is 13.8. The Morgan fingerprint density at radius 1 is 1.02 bits per heavy atom. The maximum Gasteiger partial charge on any atom is 0.187 e. The van der Waals surface area contributed by atoms with E-state index in [0.29, 0.717) is 18.3 Å². The Balaban J connectivity index is 1.45. The zero-order valence-electron chi connectivity index (χ0n) is 29.2. The number of methoxy groups -OCH3 is 1. The second-order valence-electron chi connectivity index (χ2n) is 17.0. The van der Waals surface area contributed by atoms with Crippen LogP contribution in [-0.2, 0) is 19.0 Å². The first-order chi connectivity index (χ1) is 21.4. The van der Waals surface area contributed by atoms with E-state index in [1.54, 1.807) is 21.0 Å². The SMILES string of the molecule is CO[C@H]1C=C2[C@@H](CC[C@H](O[C@@H]3O[C@H](CO)[C@@H](O)[C@H](O)[C@H]3O)C2(C)C)[C@]2(C=O)CC[C@]3(C)[C@@H]([C@H](C)C/C=C/C(C)(C)O)CC[C@@]3(C)[C@H]12. The van der Waals surface area contributed by atoms with E-state index in [4.69, 9.17) is 14.2 Å². The Kier molecular flexibility index (Phi) is 9.91. The third kappa shape index (κ3) is 5.59. The van der Waals surface area contributed by atoms with Crippen molar-refractivity contribution >= 4 is 6.29 Å². The Labute approximate surface area is 275 Å². The number of fused-ring (bicyclic) bond motifs is 5. The molecule has 1 heterocycles. The van der Waals surface area contributed by atoms with E-state index in [0.717, 1.165) is 44.1 Å². The number of aldehydes is 1. The molecule has 0 aromatic rings. The van der Waals surface area contributed by atoms with Crippen LogP contribution in [0.4, 0.5) is 0 Å². The molecule has 9 nitrogen and oxygen atoms in total. The number of allylic oxidation sites excluding steroid dienone is 1. The predicted molar refractivity (Wildman–Crippen MR) is 173 cm³/mol. The molecule has 1 aliphatic heterocycles. The monoisotopic (exact) mass is 648 g/mol. The summed E-state index contributed by atoms with van der Waals surface area (Å²) in [5.41, 5.74) is -0.888. The van der Waals surface area contributed by atoms with Crippen LogP contribution in [0.15, 0.2) is 23.8 Å². The van der Waals surface area contributed by atoms with Crippen molar-refractivity contribution in [3.63, 3.8) is 0 Å². The standard InChI is InChI=1S/C37H60O9/c1-21(10-9-14-33(2,3)43)22-13-15-36(7)31-25(44-8)18-24-23(37(31,20-39)17-16-35(22,36)6)11-12-27(34(24,4)5)46-32-30(42)29(41)28(40)26(19-38)45-32/h9,14,18,20-23,25-32,38,40-43H,10-13,15-17,19H2,1-8H3/b14-9+/t21-,22-,23-,25+,26-,27+,28-,29+,30-,31+,32+,35-,36+,37-/m1/s1. The largest absolute Gasteiger partial charge is 0.394 e. The Bertz CT molecular complexity index is 1170. The smallest absolute Gasteiger partial charge is 0.187 e. The average Bonchev–Trinajstić information content (AvgIpc) is 3.28. The molecule has 0 amide bonds. The van der Waals surface area contributed by atoms with Crippen LogP contribution < -0.4 is 0 Å². The summed E-state index contributed by atoms with van der Waals surface area (Å²) in [5, 5.41) is 51.2. The number of aliphatic hydroxyl groups excluding tert-OH is 4. The molecule has 0 bridgehead atoms. The number of aliphatic hydroxyl groups is 5. The second kappa shape index (κ2) is 12.6. The fourth-order valence-corrected chi connectivity index (χ4v) is 11.0. The number of carbonyl (C=O) groups excluding carboxylic acids is 1. The quantitative estimate of drug-likeness (QED) is 0.185. The van der Waals surface area contributed by atoms with Crippen molar-refractivity contribution in [1.29, 1.82) is 0 Å². The molecule has 262 valence electrons. The minimum absolute atomic E-state index is 0.0258. The summed E-state index contributed by atoms with van der Waals surface area (Å²) in [5.74, 6) is 0.992. The normalized spacial score (nSPS) is 47.9. The summed E-state index contributed by atoms with van der Waals surface area (Å²) in [6.45, 7) is 14.5. The van der Waals surface area contributed by atoms with Crippen LogP contribution in [0.25, 0.3) is 0 Å². The molecule has 0 radical (unpaired) electrons. The first-order valence-corrected chi connectivity index (χ1v) is 17.5. The zero-order valence-corrected chi connectivity index (χ0v) is 29.2. The molecule has 0 unspecified atom stereocenters. The van der Waals surface area contributed by atoms with Crippen molar-refractivity contribution in [2.45, 2.75) is 142 Å². The summed E-state index contributed by atoms with van der Waals surface area (Å²) >= 11 is 0. The van der Waals surface area contributed by atoms with Gasteiger partial charge >= 0.3 is 0 Å². The Hall–Kier alpha value is -1.17. The van der Waals surface area contributed by atoms with Gasteiger partial charge in [-0.25, -0.2) is 0 Å². The lowest BCUT2D eigenvalue weighted by molar-refractivity contribution is -0.320. The topological polar surface area (TPSA) is 146 Å². The highest BCUT2D eigenvalue weighted by Crippen LogP contribution is 2.75. The molecule has 5 rings (SSSR count). The van der Waals surface area contributed by atoms with Gasteiger partial charge < -0.3 is 44.5 Å². The molecular weight excluding hydrogens is 588 g/mol. The van der Waals surface area contributed by atoms with Crippen LogP contribution >= 0.6 is 0 Å². The summed E-state index contributed by atoms with van der Waals surface area (Å²) in [6, 6.07) is 0. The molecule has 3 saturated carbocycles. The highest BCUT2D eigenvalue weighted by molar-refractivity contribution is 5.65. The molecule has 0 aromatic heterocycles. The van der Waals surface area contributed by atoms with E-state index in [1.165, 1.54) is 6.29 Å². The first-order valence-electron chi connectivity index (χ1n) is 17.5. The zero-order chi connectivity index (χ0) is 34.0. The number of carbonyl (C=O) groups is 1. The molecule has 14 atom stereocenters. The van der Waals surface area contributed by atoms with Crippen LogP contribution in [-0.4, -0.2) is 94.1 Å². The first kappa shape index (κ1) is 36.1. The van der Waals surface area contributed by atoms with Crippen molar-refractivity contribution in [1.82, 2.24) is 0 Å². The van der Waals surface area contributed by atoms with Gasteiger partial charge in [-0.3, -0.25) is 0 Å². The van der Waals surface area contributed by atoms with Crippen LogP contribution in [0, 0.1) is 45.3 Å². The van der Waals surface area contributed by atoms with Crippen LogP contribution in [0.2, 0.25) is 0 Å². The van der Waals surface area contributed by atoms with Gasteiger partial charge in [0, 0.05) is 23.9 Å². The van der Waals surface area contributed by atoms with Gasteiger partial charge in [-0.1, -0.05) is 58.4 Å². The average molecular weight is 649 g/mol. The van der Waals surface area contributed by atoms with Crippen molar-refractivity contribution in [2.24, 2.45) is 45.3 Å². The van der Waals surface area contributed by atoms with Gasteiger partial charge in [0.05, 0.1) is 24.4 Å².